The molecule has 1 aliphatic rings. The highest BCUT2D eigenvalue weighted by Gasteiger charge is 2.49. The van der Waals surface area contributed by atoms with Crippen LogP contribution in [-0.4, -0.2) is 54.3 Å². The minimum Gasteiger partial charge on any atom is -0.444 e. The molecule has 7 heteroatoms. The van der Waals surface area contributed by atoms with Crippen molar-refractivity contribution in [2.45, 2.75) is 142 Å². The summed E-state index contributed by atoms with van der Waals surface area (Å²) in [5, 5.41) is 0. The fourth-order valence-electron chi connectivity index (χ4n) is 4.13. The molecule has 0 N–H and O–H groups in total. The molecule has 2 atom stereocenters. The van der Waals surface area contributed by atoms with Crippen LogP contribution in [0.25, 0.3) is 0 Å². The van der Waals surface area contributed by atoms with Crippen LogP contribution in [0.1, 0.15) is 119 Å². The molecule has 1 amide bonds. The number of amides is 1. The molecular weight excluding hydrogens is 446 g/mol. The summed E-state index contributed by atoms with van der Waals surface area (Å²) in [4.78, 5) is 26.3. The van der Waals surface area contributed by atoms with Crippen LogP contribution in [0.3, 0.4) is 0 Å². The molecule has 1 fully saturated rings. The van der Waals surface area contributed by atoms with Crippen molar-refractivity contribution in [2.75, 3.05) is 13.7 Å². The van der Waals surface area contributed by atoms with E-state index in [-0.39, 0.29) is 6.61 Å². The Labute approximate surface area is 213 Å². The van der Waals surface area contributed by atoms with Crippen LogP contribution in [0.4, 0.5) is 9.59 Å². The second-order valence-corrected chi connectivity index (χ2v) is 10.8. The maximum absolute atomic E-state index is 12.9. The van der Waals surface area contributed by atoms with Crippen molar-refractivity contribution in [3.8, 4) is 11.8 Å². The van der Waals surface area contributed by atoms with Crippen molar-refractivity contribution in [3.05, 3.63) is 0 Å². The number of rotatable bonds is 13. The van der Waals surface area contributed by atoms with Crippen LogP contribution in [0.15, 0.2) is 0 Å². The number of methoxy groups -OCH3 is 1. The van der Waals surface area contributed by atoms with E-state index in [4.69, 9.17) is 14.2 Å². The number of hydrogen-bond acceptors (Lipinski definition) is 6. The highest BCUT2D eigenvalue weighted by Crippen LogP contribution is 2.32. The van der Waals surface area contributed by atoms with E-state index >= 15 is 0 Å². The number of carbonyl (C=O) groups is 2. The van der Waals surface area contributed by atoms with Crippen LogP contribution in [0.5, 0.6) is 0 Å². The third-order valence-electron chi connectivity index (χ3n) is 6.00. The maximum atomic E-state index is 12.9. The first-order valence-corrected chi connectivity index (χ1v) is 13.4. The van der Waals surface area contributed by atoms with E-state index in [0.29, 0.717) is 6.42 Å². The average Bonchev–Trinajstić information content (AvgIpc) is 3.09. The van der Waals surface area contributed by atoms with Gasteiger partial charge in [0.25, 0.3) is 0 Å². The number of hydrogen-bond donors (Lipinski definition) is 0. The van der Waals surface area contributed by atoms with Gasteiger partial charge >= 0.3 is 12.2 Å². The van der Waals surface area contributed by atoms with E-state index in [2.05, 4.69) is 23.5 Å². The van der Waals surface area contributed by atoms with Gasteiger partial charge in [-0.15, -0.1) is 0 Å². The minimum atomic E-state index is -0.914. The third-order valence-corrected chi connectivity index (χ3v) is 6.00. The molecule has 35 heavy (non-hydrogen) atoms. The number of ether oxygens (including phenoxy) is 4. The van der Waals surface area contributed by atoms with Crippen molar-refractivity contribution >= 4 is 12.2 Å². The Morgan fingerprint density at radius 1 is 1.00 bits per heavy atom. The summed E-state index contributed by atoms with van der Waals surface area (Å²) in [6.45, 7) is 11.4. The molecule has 1 rings (SSSR count). The Balaban J connectivity index is 2.58. The molecule has 0 aromatic heterocycles. The van der Waals surface area contributed by atoms with Crippen LogP contribution in [0, 0.1) is 11.8 Å². The molecule has 0 spiro atoms. The molecular formula is C28H49NO6. The van der Waals surface area contributed by atoms with Gasteiger partial charge in [-0.3, -0.25) is 4.90 Å². The highest BCUT2D eigenvalue weighted by atomic mass is 16.7. The molecule has 1 heterocycles. The molecule has 7 nitrogen and oxygen atoms in total. The number of nitrogens with zero attached hydrogens (tertiary/aromatic N) is 1. The highest BCUT2D eigenvalue weighted by molar-refractivity contribution is 5.70. The van der Waals surface area contributed by atoms with Crippen LogP contribution in [0.2, 0.25) is 0 Å². The van der Waals surface area contributed by atoms with E-state index in [1.165, 1.54) is 69.8 Å². The largest absolute Gasteiger partial charge is 0.509 e. The fourth-order valence-corrected chi connectivity index (χ4v) is 4.13. The molecule has 202 valence electrons. The first kappa shape index (κ1) is 31.1. The van der Waals surface area contributed by atoms with Gasteiger partial charge in [0.1, 0.15) is 17.4 Å². The molecule has 1 saturated heterocycles. The number of unbranched alkanes of at least 4 members (excludes halogenated alkanes) is 11. The van der Waals surface area contributed by atoms with Gasteiger partial charge in [0.15, 0.2) is 6.10 Å². The predicted molar refractivity (Wildman–Crippen MR) is 138 cm³/mol. The van der Waals surface area contributed by atoms with Crippen LogP contribution in [-0.2, 0) is 18.9 Å². The van der Waals surface area contributed by atoms with Crippen LogP contribution < -0.4 is 0 Å². The smallest absolute Gasteiger partial charge is 0.444 e. The SMILES string of the molecule is CCCCCCCCCCCCCC#C[C@@H](OC(=O)OC)[C@@H]1COC(C)(C)N1C(=O)OC(C)(C)C. The van der Waals surface area contributed by atoms with E-state index in [1.54, 1.807) is 34.6 Å². The molecule has 1 aliphatic heterocycles. The monoisotopic (exact) mass is 495 g/mol. The van der Waals surface area contributed by atoms with E-state index < -0.39 is 35.7 Å². The van der Waals surface area contributed by atoms with Crippen molar-refractivity contribution in [3.63, 3.8) is 0 Å². The van der Waals surface area contributed by atoms with Gasteiger partial charge < -0.3 is 18.9 Å². The van der Waals surface area contributed by atoms with E-state index in [0.717, 1.165) is 12.8 Å². The first-order valence-electron chi connectivity index (χ1n) is 13.4. The quantitative estimate of drug-likeness (QED) is 0.153. The van der Waals surface area contributed by atoms with Gasteiger partial charge in [0.05, 0.1) is 13.7 Å². The number of carbonyl (C=O) groups excluding carboxylic acids is 2. The Hall–Kier alpha value is -1.94. The molecule has 0 aliphatic carbocycles. The molecule has 0 saturated carbocycles. The lowest BCUT2D eigenvalue weighted by molar-refractivity contribution is -0.0674. The second-order valence-electron chi connectivity index (χ2n) is 10.8. The standard InChI is InChI=1S/C28H49NO6/c1-8-9-10-11-12-13-14-15-16-17-18-19-20-21-24(34-26(31)32-7)23-22-33-28(5,6)29(23)25(30)35-27(2,3)4/h23-24H,8-19,22H2,1-7H3/t23-,24+/m0/s1. The second kappa shape index (κ2) is 15.9. The summed E-state index contributed by atoms with van der Waals surface area (Å²) >= 11 is 0. The van der Waals surface area contributed by atoms with Crippen molar-refractivity contribution in [1.82, 2.24) is 4.90 Å². The maximum Gasteiger partial charge on any atom is 0.509 e. The third kappa shape index (κ3) is 12.5. The van der Waals surface area contributed by atoms with Gasteiger partial charge in [0.2, 0.25) is 0 Å². The van der Waals surface area contributed by atoms with Crippen molar-refractivity contribution in [2.24, 2.45) is 0 Å². The predicted octanol–water partition coefficient (Wildman–Crippen LogP) is 7.21. The minimum absolute atomic E-state index is 0.182. The van der Waals surface area contributed by atoms with Gasteiger partial charge in [0, 0.05) is 6.42 Å². The summed E-state index contributed by atoms with van der Waals surface area (Å²) in [6.07, 6.45) is 12.5. The average molecular weight is 496 g/mol. The normalized spacial score (nSPS) is 17.9. The lowest BCUT2D eigenvalue weighted by atomic mass is 10.1. The Morgan fingerprint density at radius 3 is 2.06 bits per heavy atom. The molecule has 0 bridgehead atoms. The zero-order chi connectivity index (χ0) is 26.3. The zero-order valence-corrected chi connectivity index (χ0v) is 23.2. The Morgan fingerprint density at radius 2 is 1.54 bits per heavy atom. The van der Waals surface area contributed by atoms with Crippen LogP contribution >= 0.6 is 0 Å². The molecule has 0 aromatic carbocycles. The van der Waals surface area contributed by atoms with E-state index in [1.807, 2.05) is 0 Å². The van der Waals surface area contributed by atoms with Gasteiger partial charge in [-0.2, -0.15) is 0 Å². The molecule has 0 unspecified atom stereocenters. The van der Waals surface area contributed by atoms with E-state index in [9.17, 15) is 9.59 Å². The summed E-state index contributed by atoms with van der Waals surface area (Å²) in [5.41, 5.74) is -1.58. The molecule has 0 aromatic rings. The summed E-state index contributed by atoms with van der Waals surface area (Å²) in [6, 6.07) is -0.594. The zero-order valence-electron chi connectivity index (χ0n) is 23.2. The lowest BCUT2D eigenvalue weighted by Gasteiger charge is -2.36. The van der Waals surface area contributed by atoms with Gasteiger partial charge in [-0.05, 0) is 41.0 Å². The van der Waals surface area contributed by atoms with Crippen molar-refractivity contribution < 1.29 is 28.5 Å². The Kier molecular flexibility index (Phi) is 14.2. The lowest BCUT2D eigenvalue weighted by Crippen LogP contribution is -2.53. The topological polar surface area (TPSA) is 74.3 Å². The summed E-state index contributed by atoms with van der Waals surface area (Å²) in [5.74, 6) is 6.19. The molecule has 0 radical (unpaired) electrons. The first-order chi connectivity index (χ1) is 16.5. The van der Waals surface area contributed by atoms with Gasteiger partial charge in [-0.25, -0.2) is 9.59 Å². The van der Waals surface area contributed by atoms with Gasteiger partial charge in [-0.1, -0.05) is 83.0 Å². The Bertz CT molecular complexity index is 688. The fraction of sp³-hybridized carbons (Fsp3) is 0.857. The van der Waals surface area contributed by atoms with Crippen molar-refractivity contribution in [1.29, 1.82) is 0 Å². The summed E-state index contributed by atoms with van der Waals surface area (Å²) < 4.78 is 21.5. The summed E-state index contributed by atoms with van der Waals surface area (Å²) in [7, 11) is 1.25.